The minimum absolute atomic E-state index is 0. The molecule has 0 amide bonds. The summed E-state index contributed by atoms with van der Waals surface area (Å²) in [6.07, 6.45) is 3.64. The number of aromatic amines is 1. The fourth-order valence-electron chi connectivity index (χ4n) is 0.331. The molecule has 0 saturated heterocycles. The predicted molar refractivity (Wildman–Crippen MR) is 30.7 cm³/mol. The molecule has 0 aliphatic heterocycles. The SMILES string of the molecule is C.O=Cc1cnc[nH]1. The lowest BCUT2D eigenvalue weighted by Gasteiger charge is -1.67. The van der Waals surface area contributed by atoms with Crippen molar-refractivity contribution in [3.8, 4) is 0 Å². The van der Waals surface area contributed by atoms with Gasteiger partial charge in [0.25, 0.3) is 0 Å². The zero-order chi connectivity index (χ0) is 5.11. The van der Waals surface area contributed by atoms with Gasteiger partial charge < -0.3 is 4.98 Å². The van der Waals surface area contributed by atoms with Crippen molar-refractivity contribution in [1.82, 2.24) is 9.97 Å². The smallest absolute Gasteiger partial charge is 0.167 e. The summed E-state index contributed by atoms with van der Waals surface area (Å²) in [4.78, 5) is 16.0. The van der Waals surface area contributed by atoms with Crippen molar-refractivity contribution in [3.05, 3.63) is 18.2 Å². The van der Waals surface area contributed by atoms with E-state index in [1.807, 2.05) is 0 Å². The minimum atomic E-state index is 0. The molecule has 0 bridgehead atoms. The normalized spacial score (nSPS) is 7.50. The molecule has 0 aliphatic rings. The highest BCUT2D eigenvalue weighted by molar-refractivity contribution is 5.70. The van der Waals surface area contributed by atoms with Gasteiger partial charge in [0.15, 0.2) is 6.29 Å². The van der Waals surface area contributed by atoms with Gasteiger partial charge in [-0.25, -0.2) is 4.98 Å². The minimum Gasteiger partial charge on any atom is -0.342 e. The van der Waals surface area contributed by atoms with E-state index >= 15 is 0 Å². The van der Waals surface area contributed by atoms with Crippen molar-refractivity contribution >= 4 is 6.29 Å². The molecule has 1 aromatic rings. The van der Waals surface area contributed by atoms with Gasteiger partial charge in [0, 0.05) is 0 Å². The van der Waals surface area contributed by atoms with E-state index in [9.17, 15) is 4.79 Å². The second-order valence-corrected chi connectivity index (χ2v) is 1.12. The number of hydrogen-bond donors (Lipinski definition) is 1. The molecule has 0 atom stereocenters. The Kier molecular flexibility index (Phi) is 2.54. The van der Waals surface area contributed by atoms with E-state index in [1.54, 1.807) is 0 Å². The molecule has 0 spiro atoms. The van der Waals surface area contributed by atoms with E-state index in [0.29, 0.717) is 12.0 Å². The van der Waals surface area contributed by atoms with Gasteiger partial charge in [0.1, 0.15) is 0 Å². The van der Waals surface area contributed by atoms with Gasteiger partial charge in [-0.3, -0.25) is 4.79 Å². The van der Waals surface area contributed by atoms with Crippen molar-refractivity contribution in [2.45, 2.75) is 7.43 Å². The summed E-state index contributed by atoms with van der Waals surface area (Å²) in [5, 5.41) is 0. The topological polar surface area (TPSA) is 45.8 Å². The van der Waals surface area contributed by atoms with Crippen molar-refractivity contribution in [2.75, 3.05) is 0 Å². The summed E-state index contributed by atoms with van der Waals surface area (Å²) in [6, 6.07) is 0. The van der Waals surface area contributed by atoms with Gasteiger partial charge in [-0.1, -0.05) is 7.43 Å². The molecule has 3 nitrogen and oxygen atoms in total. The maximum atomic E-state index is 9.80. The summed E-state index contributed by atoms with van der Waals surface area (Å²) in [5.41, 5.74) is 0.514. The number of nitrogens with zero attached hydrogens (tertiary/aromatic N) is 1. The Hall–Kier alpha value is -1.12. The number of aromatic nitrogens is 2. The Morgan fingerprint density at radius 1 is 1.75 bits per heavy atom. The van der Waals surface area contributed by atoms with E-state index in [0.717, 1.165) is 0 Å². The lowest BCUT2D eigenvalue weighted by atomic mass is 10.6. The molecule has 0 aliphatic carbocycles. The van der Waals surface area contributed by atoms with Crippen LogP contribution in [0.2, 0.25) is 0 Å². The number of hydrogen-bond acceptors (Lipinski definition) is 2. The number of rotatable bonds is 1. The van der Waals surface area contributed by atoms with E-state index in [2.05, 4.69) is 9.97 Å². The van der Waals surface area contributed by atoms with Crippen LogP contribution < -0.4 is 0 Å². The van der Waals surface area contributed by atoms with Gasteiger partial charge in [-0.15, -0.1) is 0 Å². The molecule has 1 N–H and O–H groups in total. The molecule has 8 heavy (non-hydrogen) atoms. The van der Waals surface area contributed by atoms with Crippen LogP contribution in [0.15, 0.2) is 12.5 Å². The largest absolute Gasteiger partial charge is 0.342 e. The molecule has 0 aromatic carbocycles. The van der Waals surface area contributed by atoms with Gasteiger partial charge in [-0.05, 0) is 0 Å². The maximum absolute atomic E-state index is 9.80. The van der Waals surface area contributed by atoms with Crippen LogP contribution in [0, 0.1) is 0 Å². The fraction of sp³-hybridized carbons (Fsp3) is 0.200. The lowest BCUT2D eigenvalue weighted by molar-refractivity contribution is 0.111. The molecule has 0 fully saturated rings. The van der Waals surface area contributed by atoms with E-state index < -0.39 is 0 Å². The molecule has 1 aromatic heterocycles. The molecule has 3 heteroatoms. The van der Waals surface area contributed by atoms with Gasteiger partial charge in [0.2, 0.25) is 0 Å². The van der Waals surface area contributed by atoms with Crippen LogP contribution in [0.1, 0.15) is 17.9 Å². The Morgan fingerprint density at radius 2 is 2.50 bits per heavy atom. The second kappa shape index (κ2) is 2.96. The van der Waals surface area contributed by atoms with E-state index in [-0.39, 0.29) is 7.43 Å². The highest BCUT2D eigenvalue weighted by Gasteiger charge is 1.82. The van der Waals surface area contributed by atoms with Gasteiger partial charge in [-0.2, -0.15) is 0 Å². The number of H-pyrrole nitrogens is 1. The molecule has 1 heterocycles. The number of imidazole rings is 1. The molecule has 1 rings (SSSR count). The summed E-state index contributed by atoms with van der Waals surface area (Å²) in [6.45, 7) is 0. The highest BCUT2D eigenvalue weighted by Crippen LogP contribution is 1.80. The van der Waals surface area contributed by atoms with Crippen LogP contribution in [-0.4, -0.2) is 16.3 Å². The first kappa shape index (κ1) is 6.88. The van der Waals surface area contributed by atoms with Crippen molar-refractivity contribution in [3.63, 3.8) is 0 Å². The van der Waals surface area contributed by atoms with E-state index in [1.165, 1.54) is 12.5 Å². The van der Waals surface area contributed by atoms with Crippen LogP contribution in [0.5, 0.6) is 0 Å². The summed E-state index contributed by atoms with van der Waals surface area (Å²) in [7, 11) is 0. The first-order valence-electron chi connectivity index (χ1n) is 1.87. The summed E-state index contributed by atoms with van der Waals surface area (Å²) >= 11 is 0. The zero-order valence-electron chi connectivity index (χ0n) is 3.59. The maximum Gasteiger partial charge on any atom is 0.167 e. The summed E-state index contributed by atoms with van der Waals surface area (Å²) in [5.74, 6) is 0. The second-order valence-electron chi connectivity index (χ2n) is 1.12. The molecule has 0 radical (unpaired) electrons. The van der Waals surface area contributed by atoms with Crippen molar-refractivity contribution < 1.29 is 4.79 Å². The van der Waals surface area contributed by atoms with Crippen molar-refractivity contribution in [2.24, 2.45) is 0 Å². The average Bonchev–Trinajstić information content (AvgIpc) is 2.14. The molecule has 0 unspecified atom stereocenters. The Labute approximate surface area is 47.8 Å². The monoisotopic (exact) mass is 112 g/mol. The number of carbonyl (C=O) groups excluding carboxylic acids is 1. The van der Waals surface area contributed by atoms with Gasteiger partial charge >= 0.3 is 0 Å². The van der Waals surface area contributed by atoms with Crippen molar-refractivity contribution in [1.29, 1.82) is 0 Å². The van der Waals surface area contributed by atoms with Crippen LogP contribution in [0.25, 0.3) is 0 Å². The average molecular weight is 112 g/mol. The third-order valence-electron chi connectivity index (χ3n) is 0.646. The van der Waals surface area contributed by atoms with Gasteiger partial charge in [0.05, 0.1) is 18.2 Å². The lowest BCUT2D eigenvalue weighted by Crippen LogP contribution is -1.72. The Morgan fingerprint density at radius 3 is 2.75 bits per heavy atom. The third-order valence-corrected chi connectivity index (χ3v) is 0.646. The zero-order valence-corrected chi connectivity index (χ0v) is 3.59. The van der Waals surface area contributed by atoms with Crippen LogP contribution in [-0.2, 0) is 0 Å². The first-order chi connectivity index (χ1) is 3.43. The quantitative estimate of drug-likeness (QED) is 0.547. The summed E-state index contributed by atoms with van der Waals surface area (Å²) < 4.78 is 0. The highest BCUT2D eigenvalue weighted by atomic mass is 16.1. The Balaban J connectivity index is 0.000000490. The standard InChI is InChI=1S/C4H4N2O.CH4/c7-2-4-1-5-3-6-4;/h1-3H,(H,5,6);1H4. The Bertz CT molecular complexity index is 145. The molecular weight excluding hydrogens is 104 g/mol. The molecular formula is C5H8N2O. The predicted octanol–water partition coefficient (Wildman–Crippen LogP) is 0.858. The van der Waals surface area contributed by atoms with E-state index in [4.69, 9.17) is 0 Å². The number of carbonyl (C=O) groups is 1. The third kappa shape index (κ3) is 1.18. The van der Waals surface area contributed by atoms with Crippen LogP contribution in [0.3, 0.4) is 0 Å². The van der Waals surface area contributed by atoms with Crippen LogP contribution in [0.4, 0.5) is 0 Å². The fourth-order valence-corrected chi connectivity index (χ4v) is 0.331. The molecule has 0 saturated carbocycles. The molecule has 44 valence electrons. The van der Waals surface area contributed by atoms with Crippen LogP contribution >= 0.6 is 0 Å². The number of nitrogens with one attached hydrogen (secondary N) is 1. The first-order valence-corrected chi connectivity index (χ1v) is 1.87. The number of aldehydes is 1.